The second-order valence-electron chi connectivity index (χ2n) is 10.3. The first-order valence-electron chi connectivity index (χ1n) is 13.4. The molecule has 0 fully saturated rings. The number of rotatable bonds is 7. The van der Waals surface area contributed by atoms with E-state index in [1.54, 1.807) is 11.5 Å². The van der Waals surface area contributed by atoms with Crippen LogP contribution in [-0.4, -0.2) is 33.1 Å². The van der Waals surface area contributed by atoms with Crippen LogP contribution in [0.3, 0.4) is 0 Å². The standard InChI is InChI=1S/C32H29F4N3O2/c1-21-37-28-20-38(31(41)27(32(34,35)36)17-14-22-12-15-25(33)16-13-22)19-18-26(28)30(40)39(21)29(23-8-4-2-5-9-23)24-10-6-3-7-11-24/h2-13,15-16,27,29H,14,17-20H2,1H3. The molecule has 3 aromatic carbocycles. The van der Waals surface area contributed by atoms with E-state index in [0.717, 1.165) is 16.0 Å². The Morgan fingerprint density at radius 3 is 2.07 bits per heavy atom. The number of halogens is 4. The highest BCUT2D eigenvalue weighted by Crippen LogP contribution is 2.33. The molecule has 0 N–H and O–H groups in total. The highest BCUT2D eigenvalue weighted by molar-refractivity contribution is 5.80. The van der Waals surface area contributed by atoms with E-state index in [0.29, 0.717) is 22.6 Å². The van der Waals surface area contributed by atoms with E-state index in [1.807, 2.05) is 60.7 Å². The topological polar surface area (TPSA) is 55.2 Å². The number of carbonyl (C=O) groups excluding carboxylic acids is 1. The monoisotopic (exact) mass is 563 g/mol. The number of amides is 1. The molecule has 2 heterocycles. The van der Waals surface area contributed by atoms with Crippen LogP contribution in [0.4, 0.5) is 17.6 Å². The van der Waals surface area contributed by atoms with E-state index in [4.69, 9.17) is 0 Å². The minimum atomic E-state index is -4.75. The summed E-state index contributed by atoms with van der Waals surface area (Å²) in [7, 11) is 0. The van der Waals surface area contributed by atoms with Crippen molar-refractivity contribution in [3.63, 3.8) is 0 Å². The average molecular weight is 564 g/mol. The maximum atomic E-state index is 14.0. The van der Waals surface area contributed by atoms with Gasteiger partial charge in [0.25, 0.3) is 5.56 Å². The number of alkyl halides is 3. The number of aryl methyl sites for hydroxylation is 2. The maximum absolute atomic E-state index is 14.0. The van der Waals surface area contributed by atoms with Gasteiger partial charge >= 0.3 is 6.18 Å². The molecule has 0 saturated carbocycles. The molecule has 5 rings (SSSR count). The smallest absolute Gasteiger partial charge is 0.336 e. The third-order valence-electron chi connectivity index (χ3n) is 7.57. The molecular formula is C32H29F4N3O2. The Balaban J connectivity index is 1.43. The van der Waals surface area contributed by atoms with Crippen molar-refractivity contribution in [3.05, 3.63) is 135 Å². The van der Waals surface area contributed by atoms with Gasteiger partial charge in [-0.3, -0.25) is 14.2 Å². The maximum Gasteiger partial charge on any atom is 0.400 e. The lowest BCUT2D eigenvalue weighted by Crippen LogP contribution is -2.47. The Hall–Kier alpha value is -4.27. The van der Waals surface area contributed by atoms with Gasteiger partial charge in [-0.25, -0.2) is 9.37 Å². The van der Waals surface area contributed by atoms with Gasteiger partial charge in [-0.15, -0.1) is 0 Å². The first kappa shape index (κ1) is 28.3. The van der Waals surface area contributed by atoms with E-state index in [2.05, 4.69) is 4.98 Å². The molecule has 0 spiro atoms. The van der Waals surface area contributed by atoms with Crippen molar-refractivity contribution in [2.75, 3.05) is 6.54 Å². The van der Waals surface area contributed by atoms with Crippen molar-refractivity contribution in [2.24, 2.45) is 5.92 Å². The Morgan fingerprint density at radius 2 is 1.51 bits per heavy atom. The molecule has 9 heteroatoms. The Labute approximate surface area is 235 Å². The Kier molecular flexibility index (Phi) is 8.06. The molecular weight excluding hydrogens is 534 g/mol. The summed E-state index contributed by atoms with van der Waals surface area (Å²) in [6, 6.07) is 23.9. The van der Waals surface area contributed by atoms with E-state index in [1.165, 1.54) is 24.3 Å². The highest BCUT2D eigenvalue weighted by atomic mass is 19.4. The predicted molar refractivity (Wildman–Crippen MR) is 147 cm³/mol. The zero-order valence-corrected chi connectivity index (χ0v) is 22.4. The van der Waals surface area contributed by atoms with E-state index < -0.39 is 36.3 Å². The quantitative estimate of drug-likeness (QED) is 0.258. The molecule has 1 aromatic heterocycles. The van der Waals surface area contributed by atoms with Crippen LogP contribution in [0.5, 0.6) is 0 Å². The van der Waals surface area contributed by atoms with Crippen LogP contribution in [0.15, 0.2) is 89.7 Å². The van der Waals surface area contributed by atoms with E-state index in [-0.39, 0.29) is 31.5 Å². The number of fused-ring (bicyclic) bond motifs is 1. The molecule has 1 atom stereocenters. The fraction of sp³-hybridized carbons (Fsp3) is 0.281. The van der Waals surface area contributed by atoms with Gasteiger partial charge in [0, 0.05) is 12.1 Å². The third kappa shape index (κ3) is 6.09. The third-order valence-corrected chi connectivity index (χ3v) is 7.57. The summed E-state index contributed by atoms with van der Waals surface area (Å²) in [5, 5.41) is 0. The summed E-state index contributed by atoms with van der Waals surface area (Å²) in [6.45, 7) is 1.51. The number of carbonyl (C=O) groups is 1. The summed E-state index contributed by atoms with van der Waals surface area (Å²) < 4.78 is 56.8. The van der Waals surface area contributed by atoms with Crippen LogP contribution in [0, 0.1) is 18.7 Å². The highest BCUT2D eigenvalue weighted by Gasteiger charge is 2.46. The van der Waals surface area contributed by atoms with Gasteiger partial charge in [0.15, 0.2) is 0 Å². The summed E-state index contributed by atoms with van der Waals surface area (Å²) in [5.74, 6) is -3.33. The van der Waals surface area contributed by atoms with Crippen LogP contribution in [0.25, 0.3) is 0 Å². The molecule has 0 aliphatic carbocycles. The van der Waals surface area contributed by atoms with Gasteiger partial charge in [-0.2, -0.15) is 13.2 Å². The molecule has 0 radical (unpaired) electrons. The minimum Gasteiger partial charge on any atom is -0.336 e. The van der Waals surface area contributed by atoms with Crippen LogP contribution >= 0.6 is 0 Å². The van der Waals surface area contributed by atoms with Gasteiger partial charge in [0.2, 0.25) is 5.91 Å². The van der Waals surface area contributed by atoms with Crippen molar-refractivity contribution in [1.82, 2.24) is 14.5 Å². The molecule has 5 nitrogen and oxygen atoms in total. The van der Waals surface area contributed by atoms with Crippen molar-refractivity contribution in [1.29, 1.82) is 0 Å². The Morgan fingerprint density at radius 1 is 0.927 bits per heavy atom. The molecule has 212 valence electrons. The zero-order chi connectivity index (χ0) is 29.1. The number of nitrogens with zero attached hydrogens (tertiary/aromatic N) is 3. The van der Waals surface area contributed by atoms with Crippen molar-refractivity contribution in [3.8, 4) is 0 Å². The van der Waals surface area contributed by atoms with Crippen molar-refractivity contribution >= 4 is 5.91 Å². The molecule has 1 amide bonds. The second kappa shape index (κ2) is 11.7. The van der Waals surface area contributed by atoms with E-state index in [9.17, 15) is 27.2 Å². The fourth-order valence-electron chi connectivity index (χ4n) is 5.48. The van der Waals surface area contributed by atoms with Crippen LogP contribution in [0.1, 0.15) is 46.2 Å². The molecule has 1 aliphatic heterocycles. The first-order chi connectivity index (χ1) is 19.6. The number of aromatic nitrogens is 2. The van der Waals surface area contributed by atoms with Gasteiger partial charge in [0.05, 0.1) is 18.3 Å². The summed E-state index contributed by atoms with van der Waals surface area (Å²) in [5.41, 5.74) is 2.77. The van der Waals surface area contributed by atoms with Crippen LogP contribution in [0.2, 0.25) is 0 Å². The molecule has 41 heavy (non-hydrogen) atoms. The summed E-state index contributed by atoms with van der Waals surface area (Å²) in [4.78, 5) is 32.9. The van der Waals surface area contributed by atoms with Gasteiger partial charge in [0.1, 0.15) is 17.6 Å². The van der Waals surface area contributed by atoms with Crippen molar-refractivity contribution in [2.45, 2.75) is 44.9 Å². The molecule has 4 aromatic rings. The second-order valence-corrected chi connectivity index (χ2v) is 10.3. The lowest BCUT2D eigenvalue weighted by Gasteiger charge is -2.33. The number of hydrogen-bond acceptors (Lipinski definition) is 3. The zero-order valence-electron chi connectivity index (χ0n) is 22.4. The number of hydrogen-bond donors (Lipinski definition) is 0. The Bertz CT molecular complexity index is 1530. The molecule has 0 bridgehead atoms. The minimum absolute atomic E-state index is 0.0176. The van der Waals surface area contributed by atoms with E-state index >= 15 is 0 Å². The average Bonchev–Trinajstić information content (AvgIpc) is 2.96. The lowest BCUT2D eigenvalue weighted by molar-refractivity contribution is -0.190. The molecule has 1 unspecified atom stereocenters. The van der Waals surface area contributed by atoms with Gasteiger partial charge in [-0.1, -0.05) is 72.8 Å². The fourth-order valence-corrected chi connectivity index (χ4v) is 5.48. The molecule has 1 aliphatic rings. The normalized spacial score (nSPS) is 14.1. The van der Waals surface area contributed by atoms with Gasteiger partial charge < -0.3 is 4.90 Å². The SMILES string of the molecule is Cc1nc2c(c(=O)n1C(c1ccccc1)c1ccccc1)CCN(C(=O)C(CCc1ccc(F)cc1)C(F)(F)F)C2. The van der Waals surface area contributed by atoms with Crippen molar-refractivity contribution < 1.29 is 22.4 Å². The van der Waals surface area contributed by atoms with Crippen LogP contribution < -0.4 is 5.56 Å². The predicted octanol–water partition coefficient (Wildman–Crippen LogP) is 6.02. The van der Waals surface area contributed by atoms with Gasteiger partial charge in [-0.05, 0) is 55.0 Å². The summed E-state index contributed by atoms with van der Waals surface area (Å²) in [6.07, 6.45) is -5.13. The number of benzene rings is 3. The summed E-state index contributed by atoms with van der Waals surface area (Å²) >= 11 is 0. The first-order valence-corrected chi connectivity index (χ1v) is 13.4. The lowest BCUT2D eigenvalue weighted by atomic mass is 9.95. The van der Waals surface area contributed by atoms with Crippen LogP contribution in [-0.2, 0) is 24.2 Å². The molecule has 0 saturated heterocycles. The largest absolute Gasteiger partial charge is 0.400 e.